The molecular weight excluding hydrogens is 388 g/mol. The molecule has 1 fully saturated rings. The molecule has 1 aliphatic rings. The van der Waals surface area contributed by atoms with Crippen LogP contribution in [-0.4, -0.2) is 38.7 Å². The number of nitrogens with zero attached hydrogens (tertiary/aromatic N) is 2. The number of rotatable bonds is 4. The van der Waals surface area contributed by atoms with Crippen molar-refractivity contribution in [3.8, 4) is 11.5 Å². The Morgan fingerprint density at radius 1 is 1.00 bits per heavy atom. The third kappa shape index (κ3) is 3.93. The van der Waals surface area contributed by atoms with Crippen LogP contribution in [0.2, 0.25) is 0 Å². The lowest BCUT2D eigenvalue weighted by molar-refractivity contribution is -0.00657. The highest BCUT2D eigenvalue weighted by Gasteiger charge is 2.34. The Labute approximate surface area is 171 Å². The molecule has 1 aromatic heterocycles. The lowest BCUT2D eigenvalue weighted by Gasteiger charge is -2.35. The van der Waals surface area contributed by atoms with Crippen molar-refractivity contribution in [1.82, 2.24) is 4.98 Å². The lowest BCUT2D eigenvalue weighted by atomic mass is 10.1. The summed E-state index contributed by atoms with van der Waals surface area (Å²) in [5, 5.41) is -0.0542. The Bertz CT molecular complexity index is 1100. The summed E-state index contributed by atoms with van der Waals surface area (Å²) >= 11 is 0. The molecule has 0 aliphatic carbocycles. The summed E-state index contributed by atoms with van der Waals surface area (Å²) in [5.41, 5.74) is 1.79. The van der Waals surface area contributed by atoms with Crippen LogP contribution in [0.3, 0.4) is 0 Å². The lowest BCUT2D eigenvalue weighted by Crippen LogP contribution is -2.45. The standard InChI is InChI=1S/C22H24N2O4S/c1-15-8-7-9-18(12-15)20-23-21(29(25,26)19-10-5-4-6-11-19)22(28-20)24-13-16(2)27-17(3)14-24/h4-12,16-17H,13-14H2,1-3H3/t16-,17-/m1/s1. The smallest absolute Gasteiger partial charge is 0.236 e. The molecule has 3 aromatic rings. The number of aryl methyl sites for hydroxylation is 1. The average Bonchev–Trinajstić information content (AvgIpc) is 3.14. The van der Waals surface area contributed by atoms with Gasteiger partial charge in [0.2, 0.25) is 26.6 Å². The van der Waals surface area contributed by atoms with E-state index in [1.807, 2.05) is 49.9 Å². The van der Waals surface area contributed by atoms with Gasteiger partial charge in [0, 0.05) is 18.7 Å². The predicted molar refractivity (Wildman–Crippen MR) is 111 cm³/mol. The minimum atomic E-state index is -3.84. The van der Waals surface area contributed by atoms with E-state index in [1.165, 1.54) is 0 Å². The number of benzene rings is 2. The van der Waals surface area contributed by atoms with E-state index < -0.39 is 9.84 Å². The molecule has 29 heavy (non-hydrogen) atoms. The molecule has 0 saturated carbocycles. The Morgan fingerprint density at radius 3 is 2.34 bits per heavy atom. The zero-order chi connectivity index (χ0) is 20.6. The van der Waals surface area contributed by atoms with Gasteiger partial charge in [0.25, 0.3) is 0 Å². The molecule has 4 rings (SSSR count). The normalized spacial score (nSPS) is 20.0. The van der Waals surface area contributed by atoms with Crippen LogP contribution in [0.15, 0.2) is 68.9 Å². The fourth-order valence-corrected chi connectivity index (χ4v) is 4.97. The van der Waals surface area contributed by atoms with Crippen LogP contribution in [0.5, 0.6) is 0 Å². The molecule has 0 unspecified atom stereocenters. The first kappa shape index (κ1) is 19.7. The van der Waals surface area contributed by atoms with Crippen LogP contribution in [0, 0.1) is 6.92 Å². The Balaban J connectivity index is 1.86. The minimum absolute atomic E-state index is 0.0430. The quantitative estimate of drug-likeness (QED) is 0.642. The number of oxazole rings is 1. The monoisotopic (exact) mass is 412 g/mol. The van der Waals surface area contributed by atoms with Crippen LogP contribution in [0.1, 0.15) is 19.4 Å². The zero-order valence-electron chi connectivity index (χ0n) is 16.7. The summed E-state index contributed by atoms with van der Waals surface area (Å²) in [6, 6.07) is 16.0. The van der Waals surface area contributed by atoms with Crippen LogP contribution in [-0.2, 0) is 14.6 Å². The third-order valence-corrected chi connectivity index (χ3v) is 6.53. The SMILES string of the molecule is Cc1cccc(-c2nc(S(=O)(=O)c3ccccc3)c(N3C[C@@H](C)O[C@H](C)C3)o2)c1. The van der Waals surface area contributed by atoms with Gasteiger partial charge in [-0.25, -0.2) is 8.42 Å². The Kier molecular flexibility index (Phi) is 5.19. The van der Waals surface area contributed by atoms with Gasteiger partial charge in [-0.2, -0.15) is 4.98 Å². The second-order valence-corrected chi connectivity index (χ2v) is 9.34. The molecule has 0 spiro atoms. The molecule has 1 aliphatic heterocycles. The summed E-state index contributed by atoms with van der Waals surface area (Å²) in [4.78, 5) is 6.57. The molecule has 1 saturated heterocycles. The highest BCUT2D eigenvalue weighted by Crippen LogP contribution is 2.36. The van der Waals surface area contributed by atoms with E-state index in [0.717, 1.165) is 11.1 Å². The van der Waals surface area contributed by atoms with Crippen molar-refractivity contribution in [3.05, 3.63) is 60.2 Å². The van der Waals surface area contributed by atoms with E-state index in [-0.39, 0.29) is 28.0 Å². The number of anilines is 1. The van der Waals surface area contributed by atoms with E-state index in [1.54, 1.807) is 30.3 Å². The molecule has 0 amide bonds. The van der Waals surface area contributed by atoms with Crippen molar-refractivity contribution in [1.29, 1.82) is 0 Å². The highest BCUT2D eigenvalue weighted by molar-refractivity contribution is 7.91. The van der Waals surface area contributed by atoms with Gasteiger partial charge in [-0.15, -0.1) is 0 Å². The van der Waals surface area contributed by atoms with E-state index >= 15 is 0 Å². The van der Waals surface area contributed by atoms with Crippen molar-refractivity contribution in [2.45, 2.75) is 42.9 Å². The molecule has 6 nitrogen and oxygen atoms in total. The molecule has 0 radical (unpaired) electrons. The van der Waals surface area contributed by atoms with Crippen LogP contribution in [0.25, 0.3) is 11.5 Å². The van der Waals surface area contributed by atoms with Crippen molar-refractivity contribution < 1.29 is 17.6 Å². The topological polar surface area (TPSA) is 72.6 Å². The number of hydrogen-bond donors (Lipinski definition) is 0. The molecule has 2 atom stereocenters. The molecule has 0 bridgehead atoms. The van der Waals surface area contributed by atoms with Crippen molar-refractivity contribution in [2.75, 3.05) is 18.0 Å². The zero-order valence-corrected chi connectivity index (χ0v) is 17.5. The van der Waals surface area contributed by atoms with Gasteiger partial charge in [-0.1, -0.05) is 35.9 Å². The van der Waals surface area contributed by atoms with Crippen LogP contribution < -0.4 is 4.90 Å². The fraction of sp³-hybridized carbons (Fsp3) is 0.318. The van der Waals surface area contributed by atoms with E-state index in [4.69, 9.17) is 9.15 Å². The van der Waals surface area contributed by atoms with Crippen molar-refractivity contribution in [2.24, 2.45) is 0 Å². The van der Waals surface area contributed by atoms with Crippen molar-refractivity contribution in [3.63, 3.8) is 0 Å². The number of sulfone groups is 1. The predicted octanol–water partition coefficient (Wildman–Crippen LogP) is 4.10. The van der Waals surface area contributed by atoms with Crippen molar-refractivity contribution >= 4 is 15.7 Å². The summed E-state index contributed by atoms with van der Waals surface area (Å²) in [6.45, 7) is 6.96. The maximum atomic E-state index is 13.4. The summed E-state index contributed by atoms with van der Waals surface area (Å²) in [6.07, 6.45) is -0.0860. The van der Waals surface area contributed by atoms with Gasteiger partial charge >= 0.3 is 0 Å². The van der Waals surface area contributed by atoms with Crippen LogP contribution in [0.4, 0.5) is 5.88 Å². The summed E-state index contributed by atoms with van der Waals surface area (Å²) < 4.78 is 38.7. The number of ether oxygens (including phenoxy) is 1. The molecule has 2 heterocycles. The highest BCUT2D eigenvalue weighted by atomic mass is 32.2. The minimum Gasteiger partial charge on any atom is -0.419 e. The summed E-state index contributed by atoms with van der Waals surface area (Å²) in [5.74, 6) is 0.567. The fourth-order valence-electron chi connectivity index (χ4n) is 3.63. The van der Waals surface area contributed by atoms with Gasteiger partial charge in [0.1, 0.15) is 0 Å². The van der Waals surface area contributed by atoms with E-state index in [0.29, 0.717) is 19.0 Å². The first-order valence-electron chi connectivity index (χ1n) is 9.63. The first-order chi connectivity index (χ1) is 13.8. The first-order valence-corrected chi connectivity index (χ1v) is 11.1. The third-order valence-electron chi connectivity index (χ3n) is 4.86. The number of aromatic nitrogens is 1. The average molecular weight is 413 g/mol. The number of hydrogen-bond acceptors (Lipinski definition) is 6. The maximum Gasteiger partial charge on any atom is 0.236 e. The van der Waals surface area contributed by atoms with Gasteiger partial charge in [0.15, 0.2) is 0 Å². The van der Waals surface area contributed by atoms with Gasteiger partial charge in [-0.3, -0.25) is 0 Å². The molecule has 7 heteroatoms. The summed E-state index contributed by atoms with van der Waals surface area (Å²) in [7, 11) is -3.84. The molecular formula is C22H24N2O4S. The number of morpholine rings is 1. The van der Waals surface area contributed by atoms with Gasteiger partial charge < -0.3 is 14.1 Å². The van der Waals surface area contributed by atoms with E-state index in [9.17, 15) is 8.42 Å². The Morgan fingerprint density at radius 2 is 1.69 bits per heavy atom. The van der Waals surface area contributed by atoms with Crippen LogP contribution >= 0.6 is 0 Å². The molecule has 2 aromatic carbocycles. The second kappa shape index (κ2) is 7.65. The Hall–Kier alpha value is -2.64. The second-order valence-electron chi connectivity index (χ2n) is 7.48. The maximum absolute atomic E-state index is 13.4. The largest absolute Gasteiger partial charge is 0.419 e. The van der Waals surface area contributed by atoms with E-state index in [2.05, 4.69) is 4.98 Å². The molecule has 0 N–H and O–H groups in total. The van der Waals surface area contributed by atoms with Gasteiger partial charge in [0.05, 0.1) is 17.1 Å². The molecule has 152 valence electrons. The van der Waals surface area contributed by atoms with Gasteiger partial charge in [-0.05, 0) is 45.0 Å².